The van der Waals surface area contributed by atoms with Gasteiger partial charge in [0.05, 0.1) is 25.2 Å². The summed E-state index contributed by atoms with van der Waals surface area (Å²) in [5.41, 5.74) is 0.838. The van der Waals surface area contributed by atoms with Crippen molar-refractivity contribution in [1.82, 2.24) is 4.57 Å². The highest BCUT2D eigenvalue weighted by atomic mass is 16.6. The highest BCUT2D eigenvalue weighted by Gasteiger charge is 2.24. The van der Waals surface area contributed by atoms with E-state index in [0.29, 0.717) is 5.52 Å². The first-order chi connectivity index (χ1) is 13.2. The van der Waals surface area contributed by atoms with Gasteiger partial charge in [0.25, 0.3) is 0 Å². The summed E-state index contributed by atoms with van der Waals surface area (Å²) < 4.78 is 17.6. The van der Waals surface area contributed by atoms with E-state index in [9.17, 15) is 9.59 Å². The molecule has 0 aliphatic rings. The number of para-hydroxylation sites is 1. The molecule has 0 radical (unpaired) electrons. The highest BCUT2D eigenvalue weighted by Crippen LogP contribution is 2.29. The third kappa shape index (κ3) is 5.14. The first kappa shape index (κ1) is 21.5. The van der Waals surface area contributed by atoms with Gasteiger partial charge in [-0.05, 0) is 40.7 Å². The van der Waals surface area contributed by atoms with Crippen molar-refractivity contribution >= 4 is 23.0 Å². The monoisotopic (exact) mass is 385 g/mol. The predicted molar refractivity (Wildman–Crippen MR) is 107 cm³/mol. The average molecular weight is 385 g/mol. The Morgan fingerprint density at radius 3 is 2.50 bits per heavy atom. The van der Waals surface area contributed by atoms with Crippen LogP contribution < -0.4 is 0 Å². The number of benzene rings is 1. The molecule has 1 aromatic carbocycles. The highest BCUT2D eigenvalue weighted by molar-refractivity contribution is 5.92. The number of fused-ring (bicyclic) bond motifs is 1. The lowest BCUT2D eigenvalue weighted by Gasteiger charge is -2.19. The van der Waals surface area contributed by atoms with Crippen LogP contribution in [0.15, 0.2) is 30.5 Å². The Morgan fingerprint density at radius 2 is 1.89 bits per heavy atom. The summed E-state index contributed by atoms with van der Waals surface area (Å²) in [6, 6.07) is 7.49. The minimum atomic E-state index is -0.613. The second-order valence-electron chi connectivity index (χ2n) is 7.48. The van der Waals surface area contributed by atoms with Gasteiger partial charge < -0.3 is 14.2 Å². The van der Waals surface area contributed by atoms with Crippen molar-refractivity contribution < 1.29 is 23.8 Å². The van der Waals surface area contributed by atoms with E-state index in [2.05, 4.69) is 11.8 Å². The number of nitrogens with zero attached hydrogens (tertiary/aromatic N) is 1. The lowest BCUT2D eigenvalue weighted by atomic mass is 10.1. The van der Waals surface area contributed by atoms with Crippen LogP contribution in [0, 0.1) is 17.8 Å². The molecule has 0 spiro atoms. The van der Waals surface area contributed by atoms with E-state index in [4.69, 9.17) is 14.2 Å². The summed E-state index contributed by atoms with van der Waals surface area (Å²) in [5, 5.41) is 0.840. The summed E-state index contributed by atoms with van der Waals surface area (Å²) in [7, 11) is 1.34. The van der Waals surface area contributed by atoms with Gasteiger partial charge in [0, 0.05) is 17.1 Å². The van der Waals surface area contributed by atoms with Crippen LogP contribution in [0.3, 0.4) is 0 Å². The van der Waals surface area contributed by atoms with Gasteiger partial charge in [-0.3, -0.25) is 9.36 Å². The fraction of sp³-hybridized carbons (Fsp3) is 0.455. The Hall–Kier alpha value is -2.78. The molecule has 1 aromatic heterocycles. The number of carbonyl (C=O) groups excluding carboxylic acids is 2. The molecule has 0 amide bonds. The third-order valence-electron chi connectivity index (χ3n) is 4.01. The van der Waals surface area contributed by atoms with Crippen LogP contribution in [-0.2, 0) is 19.0 Å². The minimum Gasteiger partial charge on any atom is -0.469 e. The van der Waals surface area contributed by atoms with Gasteiger partial charge in [0.1, 0.15) is 11.7 Å². The molecule has 0 aliphatic carbocycles. The molecule has 0 aliphatic heterocycles. The SMILES string of the molecule is CC#CC(OC[C@H](C)C(=O)OC)c1cn(C(=O)OC(C)(C)C)c2ccccc12. The van der Waals surface area contributed by atoms with Gasteiger partial charge in [-0.2, -0.15) is 0 Å². The minimum absolute atomic E-state index is 0.151. The Balaban J connectivity index is 2.41. The van der Waals surface area contributed by atoms with E-state index >= 15 is 0 Å². The van der Waals surface area contributed by atoms with Crippen molar-refractivity contribution in [2.75, 3.05) is 13.7 Å². The molecule has 6 heteroatoms. The van der Waals surface area contributed by atoms with Crippen LogP contribution in [0.2, 0.25) is 0 Å². The van der Waals surface area contributed by atoms with Crippen molar-refractivity contribution in [1.29, 1.82) is 0 Å². The van der Waals surface area contributed by atoms with Crippen LogP contribution in [0.1, 0.15) is 46.3 Å². The van der Waals surface area contributed by atoms with E-state index in [1.54, 1.807) is 20.0 Å². The van der Waals surface area contributed by atoms with Crippen LogP contribution in [0.25, 0.3) is 10.9 Å². The van der Waals surface area contributed by atoms with E-state index < -0.39 is 23.7 Å². The van der Waals surface area contributed by atoms with Gasteiger partial charge in [0.2, 0.25) is 0 Å². The standard InChI is InChI=1S/C22H27NO5/c1-7-10-19(27-14-15(2)20(24)26-6)17-13-23(21(25)28-22(3,4)5)18-12-9-8-11-16(17)18/h8-9,11-13,15,19H,14H2,1-6H3/t15-,19?/m0/s1. The quantitative estimate of drug-likeness (QED) is 0.567. The topological polar surface area (TPSA) is 66.8 Å². The zero-order valence-electron chi connectivity index (χ0n) is 17.2. The van der Waals surface area contributed by atoms with Crippen LogP contribution >= 0.6 is 0 Å². The molecule has 1 unspecified atom stereocenters. The van der Waals surface area contributed by atoms with Gasteiger partial charge in [-0.1, -0.05) is 24.1 Å². The van der Waals surface area contributed by atoms with Crippen molar-refractivity contribution in [2.24, 2.45) is 5.92 Å². The van der Waals surface area contributed by atoms with E-state index in [1.807, 2.05) is 45.0 Å². The maximum atomic E-state index is 12.7. The second kappa shape index (κ2) is 8.94. The zero-order valence-corrected chi connectivity index (χ0v) is 17.2. The Morgan fingerprint density at radius 1 is 1.21 bits per heavy atom. The Kier molecular flexibility index (Phi) is 6.87. The van der Waals surface area contributed by atoms with Gasteiger partial charge >= 0.3 is 12.1 Å². The molecule has 0 saturated carbocycles. The summed E-state index contributed by atoms with van der Waals surface area (Å²) in [5.74, 6) is 5.10. The smallest absolute Gasteiger partial charge is 0.419 e. The van der Waals surface area contributed by atoms with E-state index in [-0.39, 0.29) is 12.6 Å². The molecular weight excluding hydrogens is 358 g/mol. The number of rotatable bonds is 5. The maximum Gasteiger partial charge on any atom is 0.419 e. The summed E-state index contributed by atoms with van der Waals surface area (Å²) in [6.07, 6.45) is 0.628. The molecule has 2 atom stereocenters. The van der Waals surface area contributed by atoms with Gasteiger partial charge in [-0.15, -0.1) is 5.92 Å². The Bertz CT molecular complexity index is 910. The lowest BCUT2D eigenvalue weighted by Crippen LogP contribution is -2.26. The number of ether oxygens (including phenoxy) is 3. The predicted octanol–water partition coefficient (Wildman–Crippen LogP) is 4.31. The summed E-state index contributed by atoms with van der Waals surface area (Å²) >= 11 is 0. The van der Waals surface area contributed by atoms with Crippen molar-refractivity contribution in [3.05, 3.63) is 36.0 Å². The number of esters is 1. The normalized spacial score (nSPS) is 13.4. The van der Waals surface area contributed by atoms with Crippen LogP contribution in [0.5, 0.6) is 0 Å². The third-order valence-corrected chi connectivity index (χ3v) is 4.01. The molecule has 0 bridgehead atoms. The molecule has 6 nitrogen and oxygen atoms in total. The summed E-state index contributed by atoms with van der Waals surface area (Å²) in [4.78, 5) is 24.3. The number of aromatic nitrogens is 1. The van der Waals surface area contributed by atoms with Crippen LogP contribution in [0.4, 0.5) is 4.79 Å². The van der Waals surface area contributed by atoms with Crippen molar-refractivity contribution in [3.8, 4) is 11.8 Å². The molecule has 0 fully saturated rings. The van der Waals surface area contributed by atoms with Crippen molar-refractivity contribution in [2.45, 2.75) is 46.3 Å². The van der Waals surface area contributed by atoms with Crippen LogP contribution in [-0.4, -0.2) is 35.9 Å². The van der Waals surface area contributed by atoms with Gasteiger partial charge in [-0.25, -0.2) is 4.79 Å². The van der Waals surface area contributed by atoms with Crippen molar-refractivity contribution in [3.63, 3.8) is 0 Å². The average Bonchev–Trinajstić information content (AvgIpc) is 3.02. The molecule has 150 valence electrons. The van der Waals surface area contributed by atoms with E-state index in [0.717, 1.165) is 10.9 Å². The van der Waals surface area contributed by atoms with E-state index in [1.165, 1.54) is 11.7 Å². The Labute approximate surface area is 165 Å². The maximum absolute atomic E-state index is 12.7. The van der Waals surface area contributed by atoms with Gasteiger partial charge in [0.15, 0.2) is 0 Å². The molecule has 1 heterocycles. The second-order valence-corrected chi connectivity index (χ2v) is 7.48. The lowest BCUT2D eigenvalue weighted by molar-refractivity contribution is -0.147. The number of carbonyl (C=O) groups is 2. The fourth-order valence-corrected chi connectivity index (χ4v) is 2.73. The number of hydrogen-bond donors (Lipinski definition) is 0. The fourth-order valence-electron chi connectivity index (χ4n) is 2.73. The largest absolute Gasteiger partial charge is 0.469 e. The first-order valence-electron chi connectivity index (χ1n) is 9.13. The molecule has 0 N–H and O–H groups in total. The molecule has 28 heavy (non-hydrogen) atoms. The number of methoxy groups -OCH3 is 1. The molecule has 2 rings (SSSR count). The molecule has 0 saturated heterocycles. The number of hydrogen-bond acceptors (Lipinski definition) is 5. The summed E-state index contributed by atoms with van der Waals surface area (Å²) in [6.45, 7) is 9.05. The molecule has 2 aromatic rings. The first-order valence-corrected chi connectivity index (χ1v) is 9.13. The molecular formula is C22H27NO5. The zero-order chi connectivity index (χ0) is 20.9.